The molecule has 1 aromatic carbocycles. The van der Waals surface area contributed by atoms with Crippen LogP contribution in [0.25, 0.3) is 0 Å². The molecule has 0 bridgehead atoms. The molecule has 3 N–H and O–H groups in total. The van der Waals surface area contributed by atoms with Crippen molar-refractivity contribution in [2.75, 3.05) is 26.2 Å². The minimum Gasteiger partial charge on any atom is -0.508 e. The van der Waals surface area contributed by atoms with E-state index in [1.54, 1.807) is 12.1 Å². The number of hydrogen-bond acceptors (Lipinski definition) is 4. The average molecular weight is 264 g/mol. The van der Waals surface area contributed by atoms with E-state index in [1.165, 1.54) is 0 Å². The Morgan fingerprint density at radius 3 is 2.21 bits per heavy atom. The highest BCUT2D eigenvalue weighted by atomic mass is 16.3. The zero-order valence-corrected chi connectivity index (χ0v) is 12.0. The fraction of sp³-hybridized carbons (Fsp3) is 0.600. The lowest BCUT2D eigenvalue weighted by Gasteiger charge is -2.36. The summed E-state index contributed by atoms with van der Waals surface area (Å²) >= 11 is 0. The van der Waals surface area contributed by atoms with Crippen LogP contribution in [0.2, 0.25) is 0 Å². The summed E-state index contributed by atoms with van der Waals surface area (Å²) in [6, 6.07) is 3.52. The highest BCUT2D eigenvalue weighted by molar-refractivity contribution is 5.42. The summed E-state index contributed by atoms with van der Waals surface area (Å²) in [5, 5.41) is 23.6. The van der Waals surface area contributed by atoms with Crippen LogP contribution in [-0.2, 0) is 0 Å². The number of nitrogens with one attached hydrogen (secondary N) is 1. The second-order valence-electron chi connectivity index (χ2n) is 5.46. The smallest absolute Gasteiger partial charge is 0.116 e. The number of rotatable bonds is 3. The number of hydrogen-bond donors (Lipinski definition) is 3. The van der Waals surface area contributed by atoms with Crippen molar-refractivity contribution in [3.63, 3.8) is 0 Å². The van der Waals surface area contributed by atoms with Crippen LogP contribution in [0.5, 0.6) is 5.75 Å². The molecule has 2 unspecified atom stereocenters. The molecule has 19 heavy (non-hydrogen) atoms. The third-order valence-corrected chi connectivity index (χ3v) is 4.06. The monoisotopic (exact) mass is 264 g/mol. The van der Waals surface area contributed by atoms with Gasteiger partial charge in [-0.05, 0) is 49.6 Å². The minimum absolute atomic E-state index is 0.0871. The van der Waals surface area contributed by atoms with Crippen molar-refractivity contribution in [3.05, 3.63) is 28.8 Å². The van der Waals surface area contributed by atoms with E-state index >= 15 is 0 Å². The molecule has 0 aromatic heterocycles. The molecule has 0 saturated carbocycles. The van der Waals surface area contributed by atoms with Gasteiger partial charge in [0.15, 0.2) is 0 Å². The second kappa shape index (κ2) is 5.90. The number of aliphatic hydroxyl groups excluding tert-OH is 1. The Kier molecular flexibility index (Phi) is 4.45. The molecule has 1 fully saturated rings. The highest BCUT2D eigenvalue weighted by Crippen LogP contribution is 2.30. The molecule has 2 rings (SSSR count). The van der Waals surface area contributed by atoms with Gasteiger partial charge in [-0.3, -0.25) is 4.90 Å². The molecular weight excluding hydrogens is 240 g/mol. The molecule has 1 saturated heterocycles. The predicted molar refractivity (Wildman–Crippen MR) is 76.4 cm³/mol. The molecule has 2 atom stereocenters. The molecule has 1 aliphatic heterocycles. The Bertz CT molecular complexity index is 419. The zero-order chi connectivity index (χ0) is 14.0. The summed E-state index contributed by atoms with van der Waals surface area (Å²) in [4.78, 5) is 2.31. The van der Waals surface area contributed by atoms with E-state index in [-0.39, 0.29) is 11.8 Å². The molecule has 0 amide bonds. The van der Waals surface area contributed by atoms with Crippen LogP contribution in [0, 0.1) is 13.8 Å². The summed E-state index contributed by atoms with van der Waals surface area (Å²) in [6.07, 6.45) is -0.515. The average Bonchev–Trinajstić information content (AvgIpc) is 2.37. The Labute approximate surface area is 115 Å². The summed E-state index contributed by atoms with van der Waals surface area (Å²) in [5.74, 6) is 0.265. The number of aromatic hydroxyl groups is 1. The predicted octanol–water partition coefficient (Wildman–Crippen LogP) is 1.34. The molecule has 106 valence electrons. The van der Waals surface area contributed by atoms with Crippen molar-refractivity contribution in [2.24, 2.45) is 0 Å². The molecule has 4 heteroatoms. The van der Waals surface area contributed by atoms with E-state index < -0.39 is 6.10 Å². The number of phenols is 1. The first kappa shape index (κ1) is 14.3. The SMILES string of the molecule is Cc1cc(O)cc(C)c1C(O)C(C)N1CCNCC1. The van der Waals surface area contributed by atoms with Crippen LogP contribution >= 0.6 is 0 Å². The highest BCUT2D eigenvalue weighted by Gasteiger charge is 2.26. The molecule has 0 aliphatic carbocycles. The summed E-state index contributed by atoms with van der Waals surface area (Å²) < 4.78 is 0. The number of nitrogens with zero attached hydrogens (tertiary/aromatic N) is 1. The van der Waals surface area contributed by atoms with Crippen LogP contribution in [0.3, 0.4) is 0 Å². The van der Waals surface area contributed by atoms with Gasteiger partial charge in [-0.2, -0.15) is 0 Å². The summed E-state index contributed by atoms with van der Waals surface area (Å²) in [7, 11) is 0. The van der Waals surface area contributed by atoms with Gasteiger partial charge in [0, 0.05) is 32.2 Å². The van der Waals surface area contributed by atoms with Crippen molar-refractivity contribution in [2.45, 2.75) is 32.9 Å². The van der Waals surface area contributed by atoms with Gasteiger partial charge in [0.2, 0.25) is 0 Å². The Balaban J connectivity index is 2.20. The first-order valence-electron chi connectivity index (χ1n) is 6.93. The zero-order valence-electron chi connectivity index (χ0n) is 12.0. The van der Waals surface area contributed by atoms with E-state index in [2.05, 4.69) is 17.1 Å². The Morgan fingerprint density at radius 1 is 1.16 bits per heavy atom. The van der Waals surface area contributed by atoms with E-state index in [4.69, 9.17) is 0 Å². The van der Waals surface area contributed by atoms with E-state index in [9.17, 15) is 10.2 Å². The standard InChI is InChI=1S/C15H24N2O2/c1-10-8-13(18)9-11(2)14(10)15(19)12(3)17-6-4-16-5-7-17/h8-9,12,15-16,18-19H,4-7H2,1-3H3. The Morgan fingerprint density at radius 2 is 1.68 bits per heavy atom. The normalized spacial score (nSPS) is 20.2. The number of aliphatic hydroxyl groups is 1. The number of aryl methyl sites for hydroxylation is 2. The van der Waals surface area contributed by atoms with Crippen LogP contribution in [0.15, 0.2) is 12.1 Å². The quantitative estimate of drug-likeness (QED) is 0.771. The maximum Gasteiger partial charge on any atom is 0.116 e. The molecule has 1 aromatic rings. The topological polar surface area (TPSA) is 55.7 Å². The van der Waals surface area contributed by atoms with Gasteiger partial charge in [0.25, 0.3) is 0 Å². The largest absolute Gasteiger partial charge is 0.508 e. The van der Waals surface area contributed by atoms with Crippen molar-refractivity contribution in [1.29, 1.82) is 0 Å². The number of phenolic OH excluding ortho intramolecular Hbond substituents is 1. The van der Waals surface area contributed by atoms with E-state index in [0.29, 0.717) is 0 Å². The molecular formula is C15H24N2O2. The lowest BCUT2D eigenvalue weighted by Crippen LogP contribution is -2.49. The summed E-state index contributed by atoms with van der Waals surface area (Å²) in [5.41, 5.74) is 2.85. The number of piperazine rings is 1. The molecule has 4 nitrogen and oxygen atoms in total. The van der Waals surface area contributed by atoms with Crippen LogP contribution in [-0.4, -0.2) is 47.3 Å². The fourth-order valence-electron chi connectivity index (χ4n) is 2.95. The maximum absolute atomic E-state index is 10.7. The van der Waals surface area contributed by atoms with Crippen molar-refractivity contribution < 1.29 is 10.2 Å². The van der Waals surface area contributed by atoms with Gasteiger partial charge >= 0.3 is 0 Å². The molecule has 1 aliphatic rings. The minimum atomic E-state index is -0.515. The first-order chi connectivity index (χ1) is 9.00. The van der Waals surface area contributed by atoms with E-state index in [1.807, 2.05) is 13.8 Å². The molecule has 0 spiro atoms. The third-order valence-electron chi connectivity index (χ3n) is 4.06. The fourth-order valence-corrected chi connectivity index (χ4v) is 2.95. The first-order valence-corrected chi connectivity index (χ1v) is 6.93. The second-order valence-corrected chi connectivity index (χ2v) is 5.46. The van der Waals surface area contributed by atoms with Gasteiger partial charge in [0.05, 0.1) is 6.10 Å². The van der Waals surface area contributed by atoms with Crippen molar-refractivity contribution in [1.82, 2.24) is 10.2 Å². The van der Waals surface area contributed by atoms with Gasteiger partial charge in [-0.15, -0.1) is 0 Å². The Hall–Kier alpha value is -1.10. The summed E-state index contributed by atoms with van der Waals surface area (Å²) in [6.45, 7) is 9.84. The van der Waals surface area contributed by atoms with Gasteiger partial charge in [-0.1, -0.05) is 0 Å². The number of benzene rings is 1. The van der Waals surface area contributed by atoms with Crippen molar-refractivity contribution in [3.8, 4) is 5.75 Å². The lowest BCUT2D eigenvalue weighted by atomic mass is 9.93. The lowest BCUT2D eigenvalue weighted by molar-refractivity contribution is 0.0502. The van der Waals surface area contributed by atoms with Gasteiger partial charge in [-0.25, -0.2) is 0 Å². The molecule has 1 heterocycles. The van der Waals surface area contributed by atoms with Crippen LogP contribution < -0.4 is 5.32 Å². The maximum atomic E-state index is 10.7. The third kappa shape index (κ3) is 3.08. The molecule has 0 radical (unpaired) electrons. The van der Waals surface area contributed by atoms with Gasteiger partial charge < -0.3 is 15.5 Å². The van der Waals surface area contributed by atoms with Crippen molar-refractivity contribution >= 4 is 0 Å². The van der Waals surface area contributed by atoms with E-state index in [0.717, 1.165) is 42.9 Å². The van der Waals surface area contributed by atoms with Crippen LogP contribution in [0.4, 0.5) is 0 Å². The van der Waals surface area contributed by atoms with Gasteiger partial charge in [0.1, 0.15) is 5.75 Å². The van der Waals surface area contributed by atoms with Crippen LogP contribution in [0.1, 0.15) is 29.7 Å².